The van der Waals surface area contributed by atoms with E-state index < -0.39 is 0 Å². The largest absolute Gasteiger partial charge is 0.356 e. The van der Waals surface area contributed by atoms with Gasteiger partial charge in [0.05, 0.1) is 11.0 Å². The lowest BCUT2D eigenvalue weighted by atomic mass is 9.96. The second-order valence-electron chi connectivity index (χ2n) is 6.94. The van der Waals surface area contributed by atoms with Crippen molar-refractivity contribution >= 4 is 22.8 Å². The summed E-state index contributed by atoms with van der Waals surface area (Å²) in [6.45, 7) is 3.17. The van der Waals surface area contributed by atoms with Gasteiger partial charge in [0.15, 0.2) is 5.78 Å². The standard InChI is InChI=1S/C21H24N4O/c26-20(16-6-2-1-3-7-16)17-8-9-18-19(13-17)25-21(24-18)23-12-10-15-5-4-11-22-14-15/h1-3,6-9,13,15,22H,4-5,10-12,14H2,(H2,23,24,25). The number of nitrogens with zero attached hydrogens (tertiary/aromatic N) is 1. The smallest absolute Gasteiger partial charge is 0.201 e. The molecule has 0 radical (unpaired) electrons. The molecule has 0 bridgehead atoms. The van der Waals surface area contributed by atoms with Crippen molar-refractivity contribution in [2.24, 2.45) is 5.92 Å². The number of carbonyl (C=O) groups is 1. The average molecular weight is 348 g/mol. The van der Waals surface area contributed by atoms with Crippen LogP contribution in [-0.2, 0) is 0 Å². The van der Waals surface area contributed by atoms with Crippen LogP contribution in [0.5, 0.6) is 0 Å². The van der Waals surface area contributed by atoms with Gasteiger partial charge in [-0.25, -0.2) is 4.98 Å². The van der Waals surface area contributed by atoms with Gasteiger partial charge < -0.3 is 15.6 Å². The zero-order valence-electron chi connectivity index (χ0n) is 14.8. The Morgan fingerprint density at radius 3 is 2.85 bits per heavy atom. The van der Waals surface area contributed by atoms with Gasteiger partial charge in [-0.3, -0.25) is 4.79 Å². The molecule has 2 aromatic carbocycles. The summed E-state index contributed by atoms with van der Waals surface area (Å²) in [5.41, 5.74) is 3.13. The molecule has 1 aromatic heterocycles. The number of aromatic amines is 1. The van der Waals surface area contributed by atoms with Crippen molar-refractivity contribution < 1.29 is 4.79 Å². The molecule has 1 aliphatic heterocycles. The summed E-state index contributed by atoms with van der Waals surface area (Å²) in [6, 6.07) is 15.0. The van der Waals surface area contributed by atoms with Gasteiger partial charge in [-0.15, -0.1) is 0 Å². The van der Waals surface area contributed by atoms with Crippen LogP contribution < -0.4 is 10.6 Å². The van der Waals surface area contributed by atoms with Gasteiger partial charge in [-0.05, 0) is 56.5 Å². The topological polar surface area (TPSA) is 69.8 Å². The van der Waals surface area contributed by atoms with E-state index in [1.807, 2.05) is 48.5 Å². The summed E-state index contributed by atoms with van der Waals surface area (Å²) in [6.07, 6.45) is 3.72. The third-order valence-electron chi connectivity index (χ3n) is 5.02. The molecule has 1 aliphatic rings. The molecule has 5 heteroatoms. The third-order valence-corrected chi connectivity index (χ3v) is 5.02. The van der Waals surface area contributed by atoms with Crippen molar-refractivity contribution in [1.82, 2.24) is 15.3 Å². The molecule has 134 valence electrons. The molecule has 0 spiro atoms. The first kappa shape index (κ1) is 16.8. The molecule has 0 aliphatic carbocycles. The first-order chi connectivity index (χ1) is 12.8. The molecule has 1 fully saturated rings. The van der Waals surface area contributed by atoms with E-state index in [4.69, 9.17) is 0 Å². The second-order valence-corrected chi connectivity index (χ2v) is 6.94. The fourth-order valence-electron chi connectivity index (χ4n) is 3.56. The number of piperidine rings is 1. The minimum Gasteiger partial charge on any atom is -0.356 e. The first-order valence-corrected chi connectivity index (χ1v) is 9.34. The van der Waals surface area contributed by atoms with E-state index >= 15 is 0 Å². The molecule has 0 amide bonds. The number of aromatic nitrogens is 2. The molecule has 26 heavy (non-hydrogen) atoms. The summed E-state index contributed by atoms with van der Waals surface area (Å²) >= 11 is 0. The molecule has 3 aromatic rings. The predicted molar refractivity (Wildman–Crippen MR) is 105 cm³/mol. The molecule has 1 unspecified atom stereocenters. The minimum absolute atomic E-state index is 0.0291. The quantitative estimate of drug-likeness (QED) is 0.595. The number of hydrogen-bond acceptors (Lipinski definition) is 4. The van der Waals surface area contributed by atoms with Crippen LogP contribution in [0.2, 0.25) is 0 Å². The molecule has 2 heterocycles. The zero-order chi connectivity index (χ0) is 17.8. The second kappa shape index (κ2) is 7.70. The van der Waals surface area contributed by atoms with E-state index in [1.165, 1.54) is 12.8 Å². The van der Waals surface area contributed by atoms with Crippen LogP contribution in [-0.4, -0.2) is 35.4 Å². The van der Waals surface area contributed by atoms with Crippen molar-refractivity contribution in [1.29, 1.82) is 0 Å². The Bertz CT molecular complexity index is 881. The lowest BCUT2D eigenvalue weighted by molar-refractivity contribution is 0.103. The van der Waals surface area contributed by atoms with Crippen molar-refractivity contribution in [3.63, 3.8) is 0 Å². The van der Waals surface area contributed by atoms with Gasteiger partial charge in [0.25, 0.3) is 0 Å². The molecule has 1 atom stereocenters. The average Bonchev–Trinajstić information content (AvgIpc) is 3.11. The highest BCUT2D eigenvalue weighted by Crippen LogP contribution is 2.19. The number of carbonyl (C=O) groups excluding carboxylic acids is 1. The Balaban J connectivity index is 1.43. The number of rotatable bonds is 6. The zero-order valence-corrected chi connectivity index (χ0v) is 14.8. The molecule has 4 rings (SSSR count). The molecule has 5 nitrogen and oxygen atoms in total. The Hall–Kier alpha value is -2.66. The number of anilines is 1. The molecular weight excluding hydrogens is 324 g/mol. The van der Waals surface area contributed by atoms with Crippen LogP contribution in [0, 0.1) is 5.92 Å². The van der Waals surface area contributed by atoms with E-state index in [2.05, 4.69) is 20.6 Å². The maximum Gasteiger partial charge on any atom is 0.201 e. The lowest BCUT2D eigenvalue weighted by Gasteiger charge is -2.22. The van der Waals surface area contributed by atoms with E-state index in [9.17, 15) is 4.79 Å². The van der Waals surface area contributed by atoms with E-state index in [0.29, 0.717) is 11.1 Å². The SMILES string of the molecule is O=C(c1ccccc1)c1ccc2nc(NCCC3CCCNC3)[nH]c2c1. The lowest BCUT2D eigenvalue weighted by Crippen LogP contribution is -2.30. The molecule has 1 saturated heterocycles. The number of imidazole rings is 1. The first-order valence-electron chi connectivity index (χ1n) is 9.34. The van der Waals surface area contributed by atoms with Crippen molar-refractivity contribution in [3.8, 4) is 0 Å². The highest BCUT2D eigenvalue weighted by Gasteiger charge is 2.13. The van der Waals surface area contributed by atoms with Crippen LogP contribution in [0.3, 0.4) is 0 Å². The minimum atomic E-state index is 0.0291. The molecule has 3 N–H and O–H groups in total. The van der Waals surface area contributed by atoms with Crippen molar-refractivity contribution in [2.75, 3.05) is 25.0 Å². The Kier molecular flexibility index (Phi) is 4.97. The van der Waals surface area contributed by atoms with Gasteiger partial charge in [0.1, 0.15) is 0 Å². The summed E-state index contributed by atoms with van der Waals surface area (Å²) in [4.78, 5) is 20.5. The van der Waals surface area contributed by atoms with Crippen LogP contribution in [0.15, 0.2) is 48.5 Å². The van der Waals surface area contributed by atoms with Crippen LogP contribution >= 0.6 is 0 Å². The Labute approximate surface area is 153 Å². The van der Waals surface area contributed by atoms with Crippen LogP contribution in [0.25, 0.3) is 11.0 Å². The number of nitrogens with one attached hydrogen (secondary N) is 3. The molecule has 0 saturated carbocycles. The highest BCUT2D eigenvalue weighted by molar-refractivity contribution is 6.10. The number of hydrogen-bond donors (Lipinski definition) is 3. The molecular formula is C21H24N4O. The van der Waals surface area contributed by atoms with E-state index in [0.717, 1.165) is 49.0 Å². The fraction of sp³-hybridized carbons (Fsp3) is 0.333. The normalized spacial score (nSPS) is 17.3. The summed E-state index contributed by atoms with van der Waals surface area (Å²) in [7, 11) is 0. The van der Waals surface area contributed by atoms with Gasteiger partial charge in [0, 0.05) is 17.7 Å². The van der Waals surface area contributed by atoms with Gasteiger partial charge in [0.2, 0.25) is 5.95 Å². The van der Waals surface area contributed by atoms with Crippen molar-refractivity contribution in [2.45, 2.75) is 19.3 Å². The number of H-pyrrole nitrogens is 1. The summed E-state index contributed by atoms with van der Waals surface area (Å²) in [5, 5.41) is 6.83. The van der Waals surface area contributed by atoms with Gasteiger partial charge in [-0.2, -0.15) is 0 Å². The number of fused-ring (bicyclic) bond motifs is 1. The number of benzene rings is 2. The highest BCUT2D eigenvalue weighted by atomic mass is 16.1. The maximum atomic E-state index is 12.6. The maximum absolute atomic E-state index is 12.6. The van der Waals surface area contributed by atoms with E-state index in [1.54, 1.807) is 0 Å². The van der Waals surface area contributed by atoms with Crippen LogP contribution in [0.4, 0.5) is 5.95 Å². The summed E-state index contributed by atoms with van der Waals surface area (Å²) in [5.74, 6) is 1.55. The van der Waals surface area contributed by atoms with Gasteiger partial charge >= 0.3 is 0 Å². The predicted octanol–water partition coefficient (Wildman–Crippen LogP) is 3.60. The number of ketones is 1. The van der Waals surface area contributed by atoms with E-state index in [-0.39, 0.29) is 5.78 Å². The third kappa shape index (κ3) is 3.78. The monoisotopic (exact) mass is 348 g/mol. The Morgan fingerprint density at radius 1 is 1.15 bits per heavy atom. The fourth-order valence-corrected chi connectivity index (χ4v) is 3.56. The summed E-state index contributed by atoms with van der Waals surface area (Å²) < 4.78 is 0. The Morgan fingerprint density at radius 2 is 2.04 bits per heavy atom. The van der Waals surface area contributed by atoms with Gasteiger partial charge in [-0.1, -0.05) is 30.3 Å². The van der Waals surface area contributed by atoms with Crippen molar-refractivity contribution in [3.05, 3.63) is 59.7 Å². The van der Waals surface area contributed by atoms with Crippen LogP contribution in [0.1, 0.15) is 35.2 Å².